The minimum Gasteiger partial charge on any atom is -0.461 e. The van der Waals surface area contributed by atoms with E-state index in [4.69, 9.17) is 16.3 Å². The lowest BCUT2D eigenvalue weighted by Gasteiger charge is -2.33. The van der Waals surface area contributed by atoms with Crippen LogP contribution < -0.4 is 10.6 Å². The second-order valence-corrected chi connectivity index (χ2v) is 14.3. The van der Waals surface area contributed by atoms with Gasteiger partial charge in [0.15, 0.2) is 0 Å². The van der Waals surface area contributed by atoms with Gasteiger partial charge in [-0.2, -0.15) is 0 Å². The third kappa shape index (κ3) is 8.31. The standard InChI is InChI=1S/C39H44ClN5O7/c1-6-44(34(36(49)43-39(3,4)5)32-26-18-17-24(40)21-28(26)41-33(32)38(51)52-7-2)31(47)16-11-9-8-10-13-23-14-12-15-25-27(23)22-45(37(25)50)29-19-20-30(46)42-35(29)48/h12,14-15,17-18,21,29,34,41H,6-9,11,16,19-20,22H2,1-5H3,(H,43,49)(H,42,46,48)/t29?,34-/m0/s1. The van der Waals surface area contributed by atoms with Gasteiger partial charge in [-0.3, -0.25) is 29.3 Å². The smallest absolute Gasteiger partial charge is 0.355 e. The van der Waals surface area contributed by atoms with Crippen LogP contribution in [0.1, 0.15) is 117 Å². The van der Waals surface area contributed by atoms with Gasteiger partial charge in [-0.25, -0.2) is 4.79 Å². The van der Waals surface area contributed by atoms with Crippen LogP contribution in [-0.4, -0.2) is 75.0 Å². The molecule has 5 amide bonds. The second-order valence-electron chi connectivity index (χ2n) is 13.9. The van der Waals surface area contributed by atoms with E-state index in [1.54, 1.807) is 44.2 Å². The molecule has 1 aromatic heterocycles. The first-order chi connectivity index (χ1) is 24.7. The lowest BCUT2D eigenvalue weighted by atomic mass is 9.97. The fraction of sp³-hybridized carbons (Fsp3) is 0.436. The molecule has 1 fully saturated rings. The maximum absolute atomic E-state index is 14.0. The van der Waals surface area contributed by atoms with Crippen molar-refractivity contribution in [1.82, 2.24) is 25.4 Å². The number of hydrogen-bond donors (Lipinski definition) is 3. The number of nitrogens with zero attached hydrogens (tertiary/aromatic N) is 2. The molecular formula is C39H44ClN5O7. The number of hydrogen-bond acceptors (Lipinski definition) is 7. The average molecular weight is 730 g/mol. The van der Waals surface area contributed by atoms with Crippen LogP contribution in [-0.2, 0) is 30.5 Å². The first-order valence-electron chi connectivity index (χ1n) is 17.6. The third-order valence-corrected chi connectivity index (χ3v) is 9.26. The third-order valence-electron chi connectivity index (χ3n) is 9.02. The van der Waals surface area contributed by atoms with Gasteiger partial charge in [-0.15, -0.1) is 0 Å². The predicted octanol–water partition coefficient (Wildman–Crippen LogP) is 5.18. The Bertz CT molecular complexity index is 1990. The number of esters is 1. The first-order valence-corrected chi connectivity index (χ1v) is 18.0. The number of amides is 5. The van der Waals surface area contributed by atoms with Crippen LogP contribution in [0, 0.1) is 11.8 Å². The van der Waals surface area contributed by atoms with Crippen molar-refractivity contribution >= 4 is 58.0 Å². The van der Waals surface area contributed by atoms with E-state index in [2.05, 4.69) is 27.5 Å². The zero-order valence-corrected chi connectivity index (χ0v) is 30.9. The number of nitrogens with one attached hydrogen (secondary N) is 3. The number of carbonyl (C=O) groups is 6. The molecule has 2 aliphatic rings. The summed E-state index contributed by atoms with van der Waals surface area (Å²) in [6, 6.07) is 8.54. The number of halogens is 1. The Morgan fingerprint density at radius 1 is 1.12 bits per heavy atom. The summed E-state index contributed by atoms with van der Waals surface area (Å²) in [6.45, 7) is 9.58. The summed E-state index contributed by atoms with van der Waals surface area (Å²) in [5, 5.41) is 6.34. The first kappa shape index (κ1) is 38.1. The summed E-state index contributed by atoms with van der Waals surface area (Å²) in [6.07, 6.45) is 2.20. The number of fused-ring (bicyclic) bond motifs is 2. The van der Waals surface area contributed by atoms with Gasteiger partial charge in [0.2, 0.25) is 23.6 Å². The van der Waals surface area contributed by atoms with E-state index in [0.717, 1.165) is 5.56 Å². The van der Waals surface area contributed by atoms with E-state index in [-0.39, 0.29) is 62.4 Å². The number of imide groups is 1. The molecule has 0 radical (unpaired) electrons. The summed E-state index contributed by atoms with van der Waals surface area (Å²) in [4.78, 5) is 84.4. The zero-order chi connectivity index (χ0) is 37.7. The maximum Gasteiger partial charge on any atom is 0.355 e. The van der Waals surface area contributed by atoms with Gasteiger partial charge >= 0.3 is 5.97 Å². The van der Waals surface area contributed by atoms with Crippen molar-refractivity contribution in [3.05, 3.63) is 69.4 Å². The molecule has 0 bridgehead atoms. The van der Waals surface area contributed by atoms with Crippen LogP contribution in [0.2, 0.25) is 5.02 Å². The summed E-state index contributed by atoms with van der Waals surface area (Å²) < 4.78 is 5.34. The Morgan fingerprint density at radius 2 is 1.88 bits per heavy atom. The SMILES string of the molecule is CCOC(=O)c1[nH]c2cc(Cl)ccc2c1[C@@H](C(=O)NC(C)(C)C)N(CC)C(=O)CCCCC#Cc1cccc2c1CN(C1CCC(=O)NC1=O)C2=O. The van der Waals surface area contributed by atoms with Gasteiger partial charge in [-0.1, -0.05) is 35.6 Å². The van der Waals surface area contributed by atoms with E-state index in [0.29, 0.717) is 51.9 Å². The molecule has 0 spiro atoms. The minimum atomic E-state index is -1.13. The quantitative estimate of drug-likeness (QED) is 0.106. The van der Waals surface area contributed by atoms with E-state index in [1.807, 2.05) is 26.8 Å². The van der Waals surface area contributed by atoms with Gasteiger partial charge in [0.1, 0.15) is 17.8 Å². The van der Waals surface area contributed by atoms with E-state index >= 15 is 0 Å². The Balaban J connectivity index is 1.30. The lowest BCUT2D eigenvalue weighted by molar-refractivity contribution is -0.141. The topological polar surface area (TPSA) is 158 Å². The van der Waals surface area contributed by atoms with Crippen molar-refractivity contribution in [3.8, 4) is 11.8 Å². The number of ether oxygens (including phenoxy) is 1. The van der Waals surface area contributed by atoms with Crippen molar-refractivity contribution in [2.75, 3.05) is 13.2 Å². The predicted molar refractivity (Wildman–Crippen MR) is 195 cm³/mol. The lowest BCUT2D eigenvalue weighted by Crippen LogP contribution is -2.52. The number of carbonyl (C=O) groups excluding carboxylic acids is 6. The van der Waals surface area contributed by atoms with Crippen LogP contribution >= 0.6 is 11.6 Å². The highest BCUT2D eigenvalue weighted by atomic mass is 35.5. The van der Waals surface area contributed by atoms with Crippen LogP contribution in [0.4, 0.5) is 0 Å². The van der Waals surface area contributed by atoms with Crippen LogP contribution in [0.3, 0.4) is 0 Å². The molecule has 3 aromatic rings. The molecule has 1 unspecified atom stereocenters. The van der Waals surface area contributed by atoms with Crippen molar-refractivity contribution in [3.63, 3.8) is 0 Å². The number of piperidine rings is 1. The van der Waals surface area contributed by atoms with Crippen molar-refractivity contribution in [1.29, 1.82) is 0 Å². The van der Waals surface area contributed by atoms with Gasteiger partial charge in [0.25, 0.3) is 5.91 Å². The Hall–Kier alpha value is -5.15. The average Bonchev–Trinajstić information content (AvgIpc) is 3.61. The van der Waals surface area contributed by atoms with Gasteiger partial charge in [0.05, 0.1) is 6.61 Å². The van der Waals surface area contributed by atoms with Crippen LogP contribution in [0.15, 0.2) is 36.4 Å². The van der Waals surface area contributed by atoms with Crippen molar-refractivity contribution in [2.45, 2.75) is 97.3 Å². The highest BCUT2D eigenvalue weighted by molar-refractivity contribution is 6.31. The Morgan fingerprint density at radius 3 is 2.58 bits per heavy atom. The summed E-state index contributed by atoms with van der Waals surface area (Å²) in [5.41, 5.74) is 2.29. The fourth-order valence-electron chi connectivity index (χ4n) is 6.70. The zero-order valence-electron chi connectivity index (χ0n) is 30.1. The molecule has 3 N–H and O–H groups in total. The highest BCUT2D eigenvalue weighted by Gasteiger charge is 2.40. The Kier molecular flexibility index (Phi) is 11.7. The van der Waals surface area contributed by atoms with E-state index in [1.165, 1.54) is 9.80 Å². The molecule has 5 rings (SSSR count). The van der Waals surface area contributed by atoms with Gasteiger partial charge in [-0.05, 0) is 83.7 Å². The molecular weight excluding hydrogens is 686 g/mol. The number of aromatic nitrogens is 1. The number of likely N-dealkylation sites (N-methyl/N-ethyl adjacent to an activating group) is 1. The number of H-pyrrole nitrogens is 1. The normalized spacial score (nSPS) is 16.2. The summed E-state index contributed by atoms with van der Waals surface area (Å²) in [5.74, 6) is 3.94. The molecule has 2 atom stereocenters. The second kappa shape index (κ2) is 16.0. The van der Waals surface area contributed by atoms with Crippen molar-refractivity contribution in [2.24, 2.45) is 0 Å². The molecule has 2 aliphatic heterocycles. The summed E-state index contributed by atoms with van der Waals surface area (Å²) in [7, 11) is 0. The fourth-order valence-corrected chi connectivity index (χ4v) is 6.87. The molecule has 12 nitrogen and oxygen atoms in total. The Labute approximate surface area is 307 Å². The van der Waals surface area contributed by atoms with Crippen molar-refractivity contribution < 1.29 is 33.5 Å². The summed E-state index contributed by atoms with van der Waals surface area (Å²) >= 11 is 6.27. The molecule has 3 heterocycles. The van der Waals surface area contributed by atoms with E-state index < -0.39 is 35.4 Å². The maximum atomic E-state index is 14.0. The molecule has 274 valence electrons. The largest absolute Gasteiger partial charge is 0.461 e. The number of rotatable bonds is 11. The molecule has 2 aromatic carbocycles. The molecule has 13 heteroatoms. The number of aromatic amines is 1. The molecule has 0 aliphatic carbocycles. The molecule has 0 saturated carbocycles. The van der Waals surface area contributed by atoms with Gasteiger partial charge < -0.3 is 24.8 Å². The molecule has 52 heavy (non-hydrogen) atoms. The van der Waals surface area contributed by atoms with E-state index in [9.17, 15) is 28.8 Å². The van der Waals surface area contributed by atoms with Crippen LogP contribution in [0.25, 0.3) is 10.9 Å². The number of benzene rings is 2. The van der Waals surface area contributed by atoms with Gasteiger partial charge in [0, 0.05) is 70.5 Å². The highest BCUT2D eigenvalue weighted by Crippen LogP contribution is 2.35. The van der Waals surface area contributed by atoms with Crippen LogP contribution in [0.5, 0.6) is 0 Å². The monoisotopic (exact) mass is 729 g/mol. The minimum absolute atomic E-state index is 0.0871. The number of unbranched alkanes of at least 4 members (excludes halogenated alkanes) is 2. The molecule has 1 saturated heterocycles.